The minimum Gasteiger partial charge on any atom is -0.460 e. The first-order valence-corrected chi connectivity index (χ1v) is 8.62. The second-order valence-electron chi connectivity index (χ2n) is 6.61. The summed E-state index contributed by atoms with van der Waals surface area (Å²) in [6.07, 6.45) is -0.274. The molecule has 1 aliphatic carbocycles. The number of carbonyl (C=O) groups excluding carboxylic acids is 1. The third-order valence-electron chi connectivity index (χ3n) is 3.50. The zero-order chi connectivity index (χ0) is 18.1. The summed E-state index contributed by atoms with van der Waals surface area (Å²) in [4.78, 5) is 11.9. The van der Waals surface area contributed by atoms with E-state index in [1.54, 1.807) is 20.8 Å². The molecule has 0 aromatic carbocycles. The Morgan fingerprint density at radius 1 is 1.13 bits per heavy atom. The van der Waals surface area contributed by atoms with Crippen molar-refractivity contribution in [3.8, 4) is 0 Å². The van der Waals surface area contributed by atoms with Crippen molar-refractivity contribution in [3.63, 3.8) is 0 Å². The highest BCUT2D eigenvalue weighted by Gasteiger charge is 2.49. The third kappa shape index (κ3) is 5.92. The molecule has 0 bridgehead atoms. The van der Waals surface area contributed by atoms with E-state index in [4.69, 9.17) is 10.5 Å². The van der Waals surface area contributed by atoms with Gasteiger partial charge in [-0.25, -0.2) is 4.18 Å². The molecule has 0 aromatic heterocycles. The highest BCUT2D eigenvalue weighted by molar-refractivity contribution is 7.87. The molecule has 6 nitrogen and oxygen atoms in total. The average molecular weight is 361 g/mol. The molecule has 1 saturated carbocycles. The molecule has 0 amide bonds. The molecular formula is C13H22F3NO5S. The van der Waals surface area contributed by atoms with Gasteiger partial charge >= 0.3 is 21.6 Å². The fraction of sp³-hybridized carbons (Fsp3) is 0.923. The van der Waals surface area contributed by atoms with Crippen molar-refractivity contribution >= 4 is 16.1 Å². The van der Waals surface area contributed by atoms with E-state index >= 15 is 0 Å². The van der Waals surface area contributed by atoms with Crippen LogP contribution >= 0.6 is 0 Å². The van der Waals surface area contributed by atoms with Crippen LogP contribution in [-0.4, -0.2) is 31.7 Å². The summed E-state index contributed by atoms with van der Waals surface area (Å²) in [5.74, 6) is -1.30. The zero-order valence-corrected chi connectivity index (χ0v) is 14.0. The molecule has 0 aromatic rings. The zero-order valence-electron chi connectivity index (χ0n) is 13.2. The number of alkyl halides is 3. The van der Waals surface area contributed by atoms with E-state index in [0.717, 1.165) is 0 Å². The van der Waals surface area contributed by atoms with E-state index in [1.807, 2.05) is 0 Å². The summed E-state index contributed by atoms with van der Waals surface area (Å²) < 4.78 is 67.9. The first-order chi connectivity index (χ1) is 10.2. The van der Waals surface area contributed by atoms with Gasteiger partial charge in [0.2, 0.25) is 0 Å². The van der Waals surface area contributed by atoms with Crippen LogP contribution in [0.15, 0.2) is 0 Å². The maximum Gasteiger partial charge on any atom is 0.523 e. The van der Waals surface area contributed by atoms with Crippen molar-refractivity contribution in [2.45, 2.75) is 63.8 Å². The first-order valence-electron chi connectivity index (χ1n) is 7.21. The molecule has 136 valence electrons. The Balaban J connectivity index is 2.55. The molecular weight excluding hydrogens is 339 g/mol. The minimum atomic E-state index is -5.72. The SMILES string of the molecule is CC(C)(C)OC(=O)C1CCC(C(N)OS(=O)(=O)C(F)(F)F)CC1. The summed E-state index contributed by atoms with van der Waals surface area (Å²) in [7, 11) is -5.72. The Bertz CT molecular complexity index is 519. The number of esters is 1. The molecule has 0 radical (unpaired) electrons. The molecule has 1 atom stereocenters. The molecule has 0 spiro atoms. The molecule has 2 N–H and O–H groups in total. The number of ether oxygens (including phenoxy) is 1. The van der Waals surface area contributed by atoms with Crippen LogP contribution in [0.25, 0.3) is 0 Å². The van der Waals surface area contributed by atoms with E-state index in [0.29, 0.717) is 25.7 Å². The van der Waals surface area contributed by atoms with E-state index in [9.17, 15) is 26.4 Å². The van der Waals surface area contributed by atoms with Gasteiger partial charge in [0, 0.05) is 0 Å². The van der Waals surface area contributed by atoms with E-state index in [2.05, 4.69) is 4.18 Å². The van der Waals surface area contributed by atoms with Crippen molar-refractivity contribution < 1.29 is 35.3 Å². The number of nitrogens with two attached hydrogens (primary N) is 1. The lowest BCUT2D eigenvalue weighted by Gasteiger charge is -2.32. The quantitative estimate of drug-likeness (QED) is 0.357. The van der Waals surface area contributed by atoms with Gasteiger partial charge in [0.25, 0.3) is 0 Å². The van der Waals surface area contributed by atoms with Gasteiger partial charge in [0.1, 0.15) is 11.8 Å². The van der Waals surface area contributed by atoms with Gasteiger partial charge in [0.05, 0.1) is 5.92 Å². The second kappa shape index (κ2) is 6.94. The van der Waals surface area contributed by atoms with Crippen molar-refractivity contribution in [3.05, 3.63) is 0 Å². The van der Waals surface area contributed by atoms with Gasteiger partial charge in [0.15, 0.2) is 0 Å². The first kappa shape index (κ1) is 20.2. The van der Waals surface area contributed by atoms with Crippen LogP contribution in [0, 0.1) is 11.8 Å². The lowest BCUT2D eigenvalue weighted by molar-refractivity contribution is -0.161. The molecule has 0 heterocycles. The maximum atomic E-state index is 12.3. The van der Waals surface area contributed by atoms with Gasteiger partial charge in [-0.15, -0.1) is 0 Å². The fourth-order valence-electron chi connectivity index (χ4n) is 2.35. The van der Waals surface area contributed by atoms with E-state index in [1.165, 1.54) is 0 Å². The smallest absolute Gasteiger partial charge is 0.460 e. The standard InChI is InChI=1S/C13H22F3NO5S/c1-12(2,3)21-11(18)9-6-4-8(5-7-9)10(17)22-23(19,20)13(14,15)16/h8-10H,4-7,17H2,1-3H3. The van der Waals surface area contributed by atoms with Crippen LogP contribution < -0.4 is 5.73 Å². The van der Waals surface area contributed by atoms with Crippen molar-refractivity contribution in [2.75, 3.05) is 0 Å². The van der Waals surface area contributed by atoms with E-state index in [-0.39, 0.29) is 11.9 Å². The average Bonchev–Trinajstić information content (AvgIpc) is 2.35. The Labute approximate surface area is 133 Å². The number of halogens is 3. The Morgan fingerprint density at radius 3 is 2.00 bits per heavy atom. The summed E-state index contributed by atoms with van der Waals surface area (Å²) >= 11 is 0. The summed E-state index contributed by atoms with van der Waals surface area (Å²) in [5.41, 5.74) is -0.682. The minimum absolute atomic E-state index is 0.290. The predicted octanol–water partition coefficient (Wildman–Crippen LogP) is 2.29. The van der Waals surface area contributed by atoms with Crippen LogP contribution in [0.4, 0.5) is 13.2 Å². The molecule has 0 aliphatic heterocycles. The molecule has 10 heteroatoms. The van der Waals surface area contributed by atoms with Gasteiger partial charge in [-0.1, -0.05) is 0 Å². The van der Waals surface area contributed by atoms with Crippen LogP contribution in [0.3, 0.4) is 0 Å². The number of carbonyl (C=O) groups is 1. The molecule has 0 saturated heterocycles. The van der Waals surface area contributed by atoms with E-state index < -0.39 is 33.4 Å². The Hall–Kier alpha value is -0.870. The summed E-state index contributed by atoms with van der Waals surface area (Å²) in [6, 6.07) is 0. The fourth-order valence-corrected chi connectivity index (χ4v) is 2.91. The summed E-state index contributed by atoms with van der Waals surface area (Å²) in [5, 5.41) is 0. The van der Waals surface area contributed by atoms with Gasteiger partial charge in [-0.2, -0.15) is 21.6 Å². The monoisotopic (exact) mass is 361 g/mol. The topological polar surface area (TPSA) is 95.7 Å². The maximum absolute atomic E-state index is 12.3. The Kier molecular flexibility index (Phi) is 6.09. The highest BCUT2D eigenvalue weighted by atomic mass is 32.2. The van der Waals surface area contributed by atoms with Gasteiger partial charge < -0.3 is 10.5 Å². The highest BCUT2D eigenvalue weighted by Crippen LogP contribution is 2.34. The van der Waals surface area contributed by atoms with Crippen LogP contribution in [0.5, 0.6) is 0 Å². The van der Waals surface area contributed by atoms with Crippen LogP contribution in [-0.2, 0) is 23.8 Å². The van der Waals surface area contributed by atoms with Crippen molar-refractivity contribution in [1.29, 1.82) is 0 Å². The molecule has 1 aliphatic rings. The van der Waals surface area contributed by atoms with Crippen molar-refractivity contribution in [2.24, 2.45) is 17.6 Å². The normalized spacial score (nSPS) is 25.0. The second-order valence-corrected chi connectivity index (χ2v) is 8.17. The van der Waals surface area contributed by atoms with Gasteiger partial charge in [-0.3, -0.25) is 4.79 Å². The van der Waals surface area contributed by atoms with Crippen molar-refractivity contribution in [1.82, 2.24) is 0 Å². The largest absolute Gasteiger partial charge is 0.523 e. The lowest BCUT2D eigenvalue weighted by atomic mass is 9.81. The molecule has 23 heavy (non-hydrogen) atoms. The number of hydrogen-bond acceptors (Lipinski definition) is 6. The summed E-state index contributed by atoms with van der Waals surface area (Å²) in [6.45, 7) is 5.22. The number of rotatable bonds is 4. The Morgan fingerprint density at radius 2 is 1.61 bits per heavy atom. The van der Waals surface area contributed by atoms with Crippen LogP contribution in [0.2, 0.25) is 0 Å². The third-order valence-corrected chi connectivity index (χ3v) is 4.54. The molecule has 1 unspecified atom stereocenters. The lowest BCUT2D eigenvalue weighted by Crippen LogP contribution is -2.41. The van der Waals surface area contributed by atoms with Gasteiger partial charge in [-0.05, 0) is 52.4 Å². The number of hydrogen-bond donors (Lipinski definition) is 1. The van der Waals surface area contributed by atoms with Crippen LogP contribution in [0.1, 0.15) is 46.5 Å². The molecule has 1 rings (SSSR count). The molecule has 1 fully saturated rings. The predicted molar refractivity (Wildman–Crippen MR) is 75.3 cm³/mol.